The van der Waals surface area contributed by atoms with E-state index in [2.05, 4.69) is 10.1 Å². The second-order valence-electron chi connectivity index (χ2n) is 4.74. The molecule has 0 unspecified atom stereocenters. The minimum absolute atomic E-state index is 0.228. The Kier molecular flexibility index (Phi) is 3.06. The zero-order valence-corrected chi connectivity index (χ0v) is 11.6. The molecule has 0 aliphatic heterocycles. The van der Waals surface area contributed by atoms with Gasteiger partial charge in [0.2, 0.25) is 5.88 Å². The van der Waals surface area contributed by atoms with Gasteiger partial charge in [-0.1, -0.05) is 0 Å². The molecule has 2 aromatic heterocycles. The van der Waals surface area contributed by atoms with E-state index >= 15 is 0 Å². The number of ether oxygens (including phenoxy) is 1. The summed E-state index contributed by atoms with van der Waals surface area (Å²) in [5.41, 5.74) is 2.59. The lowest BCUT2D eigenvalue weighted by Gasteiger charge is -2.09. The molecular weight excluding hydrogens is 270 g/mol. The summed E-state index contributed by atoms with van der Waals surface area (Å²) in [4.78, 5) is 15.2. The average Bonchev–Trinajstić information content (AvgIpc) is 2.82. The fourth-order valence-electron chi connectivity index (χ4n) is 2.10. The van der Waals surface area contributed by atoms with Crippen molar-refractivity contribution in [2.75, 3.05) is 0 Å². The van der Waals surface area contributed by atoms with Gasteiger partial charge in [0.25, 0.3) is 0 Å². The standard InChI is InChI=1S/C15H13N3O3/c1-9-7-11(15(19)20)3-4-13(9)21-14-12-8-10(2)17-18(12)6-5-16-14/h3-8H,1-2H3,(H,19,20). The molecule has 106 valence electrons. The topological polar surface area (TPSA) is 76.7 Å². The first-order valence-corrected chi connectivity index (χ1v) is 6.37. The molecule has 1 aromatic carbocycles. The Hall–Kier alpha value is -2.89. The van der Waals surface area contributed by atoms with Crippen molar-refractivity contribution in [2.45, 2.75) is 13.8 Å². The fourth-order valence-corrected chi connectivity index (χ4v) is 2.10. The molecule has 0 saturated heterocycles. The molecule has 0 aliphatic rings. The van der Waals surface area contributed by atoms with Crippen LogP contribution in [-0.4, -0.2) is 25.7 Å². The highest BCUT2D eigenvalue weighted by Crippen LogP contribution is 2.27. The predicted octanol–water partition coefficient (Wildman–Crippen LogP) is 2.84. The van der Waals surface area contributed by atoms with Gasteiger partial charge in [0.15, 0.2) is 0 Å². The first-order chi connectivity index (χ1) is 10.0. The number of aryl methyl sites for hydroxylation is 2. The number of carboxylic acid groups (broad SMARTS) is 1. The van der Waals surface area contributed by atoms with Gasteiger partial charge >= 0.3 is 5.97 Å². The van der Waals surface area contributed by atoms with Gasteiger partial charge in [-0.2, -0.15) is 5.10 Å². The van der Waals surface area contributed by atoms with Crippen LogP contribution in [0.5, 0.6) is 11.6 Å². The Balaban J connectivity index is 2.00. The van der Waals surface area contributed by atoms with Crippen LogP contribution in [0.25, 0.3) is 5.52 Å². The second-order valence-corrected chi connectivity index (χ2v) is 4.74. The van der Waals surface area contributed by atoms with Gasteiger partial charge in [0.05, 0.1) is 11.3 Å². The quantitative estimate of drug-likeness (QED) is 0.799. The number of nitrogens with zero attached hydrogens (tertiary/aromatic N) is 3. The number of aromatic nitrogens is 3. The van der Waals surface area contributed by atoms with Crippen LogP contribution in [0.4, 0.5) is 0 Å². The molecule has 1 N–H and O–H groups in total. The number of hydrogen-bond acceptors (Lipinski definition) is 4. The van der Waals surface area contributed by atoms with Crippen molar-refractivity contribution in [1.82, 2.24) is 14.6 Å². The maximum absolute atomic E-state index is 10.9. The normalized spacial score (nSPS) is 10.8. The van der Waals surface area contributed by atoms with E-state index in [0.29, 0.717) is 11.6 Å². The van der Waals surface area contributed by atoms with Gasteiger partial charge in [-0.25, -0.2) is 14.3 Å². The highest BCUT2D eigenvalue weighted by Gasteiger charge is 2.11. The summed E-state index contributed by atoms with van der Waals surface area (Å²) in [5.74, 6) is 0.0417. The predicted molar refractivity (Wildman–Crippen MR) is 75.9 cm³/mol. The molecule has 6 nitrogen and oxygen atoms in total. The Bertz CT molecular complexity index is 839. The van der Waals surface area contributed by atoms with Crippen molar-refractivity contribution in [3.63, 3.8) is 0 Å². The van der Waals surface area contributed by atoms with E-state index in [4.69, 9.17) is 9.84 Å². The molecule has 6 heteroatoms. The SMILES string of the molecule is Cc1cc2c(Oc3ccc(C(=O)O)cc3C)nccn2n1. The molecule has 0 spiro atoms. The molecule has 0 radical (unpaired) electrons. The van der Waals surface area contributed by atoms with E-state index in [9.17, 15) is 4.79 Å². The second kappa shape index (κ2) is 4.90. The lowest BCUT2D eigenvalue weighted by molar-refractivity contribution is 0.0697. The monoisotopic (exact) mass is 283 g/mol. The Morgan fingerprint density at radius 3 is 2.81 bits per heavy atom. The summed E-state index contributed by atoms with van der Waals surface area (Å²) in [6.07, 6.45) is 3.35. The highest BCUT2D eigenvalue weighted by molar-refractivity contribution is 5.88. The molecule has 3 aromatic rings. The van der Waals surface area contributed by atoms with Gasteiger partial charge < -0.3 is 9.84 Å². The van der Waals surface area contributed by atoms with Crippen molar-refractivity contribution in [3.8, 4) is 11.6 Å². The van der Waals surface area contributed by atoms with E-state index < -0.39 is 5.97 Å². The van der Waals surface area contributed by atoms with Crippen LogP contribution < -0.4 is 4.74 Å². The smallest absolute Gasteiger partial charge is 0.335 e. The number of aromatic carboxylic acids is 1. The maximum atomic E-state index is 10.9. The average molecular weight is 283 g/mol. The summed E-state index contributed by atoms with van der Waals surface area (Å²) in [6, 6.07) is 6.59. The highest BCUT2D eigenvalue weighted by atomic mass is 16.5. The van der Waals surface area contributed by atoms with Crippen LogP contribution in [0.2, 0.25) is 0 Å². The molecule has 21 heavy (non-hydrogen) atoms. The van der Waals surface area contributed by atoms with E-state index in [0.717, 1.165) is 16.8 Å². The number of rotatable bonds is 3. The van der Waals surface area contributed by atoms with Crippen LogP contribution in [0.3, 0.4) is 0 Å². The Morgan fingerprint density at radius 2 is 2.10 bits per heavy atom. The van der Waals surface area contributed by atoms with Crippen molar-refractivity contribution < 1.29 is 14.6 Å². The summed E-state index contributed by atoms with van der Waals surface area (Å²) in [7, 11) is 0. The third kappa shape index (κ3) is 2.43. The number of hydrogen-bond donors (Lipinski definition) is 1. The van der Waals surface area contributed by atoms with E-state index in [1.165, 1.54) is 6.07 Å². The van der Waals surface area contributed by atoms with Crippen LogP contribution in [0, 0.1) is 13.8 Å². The van der Waals surface area contributed by atoms with Gasteiger partial charge in [0.1, 0.15) is 11.3 Å². The largest absolute Gasteiger partial charge is 0.478 e. The number of benzene rings is 1. The first kappa shape index (κ1) is 13.1. The summed E-state index contributed by atoms with van der Waals surface area (Å²) in [6.45, 7) is 3.69. The van der Waals surface area contributed by atoms with Gasteiger partial charge in [-0.05, 0) is 43.7 Å². The fraction of sp³-hybridized carbons (Fsp3) is 0.133. The third-order valence-corrected chi connectivity index (χ3v) is 3.11. The van der Waals surface area contributed by atoms with Crippen molar-refractivity contribution in [2.24, 2.45) is 0 Å². The molecule has 0 atom stereocenters. The van der Waals surface area contributed by atoms with E-state index in [1.54, 1.807) is 36.0 Å². The maximum Gasteiger partial charge on any atom is 0.335 e. The number of carboxylic acids is 1. The summed E-state index contributed by atoms with van der Waals surface area (Å²) >= 11 is 0. The van der Waals surface area contributed by atoms with Gasteiger partial charge in [-0.15, -0.1) is 0 Å². The van der Waals surface area contributed by atoms with E-state index in [-0.39, 0.29) is 5.56 Å². The van der Waals surface area contributed by atoms with Gasteiger partial charge in [0, 0.05) is 12.4 Å². The molecule has 0 bridgehead atoms. The molecule has 0 amide bonds. The minimum Gasteiger partial charge on any atom is -0.478 e. The van der Waals surface area contributed by atoms with Crippen LogP contribution in [0.1, 0.15) is 21.6 Å². The van der Waals surface area contributed by atoms with E-state index in [1.807, 2.05) is 13.0 Å². The third-order valence-electron chi connectivity index (χ3n) is 3.11. The lowest BCUT2D eigenvalue weighted by atomic mass is 10.1. The van der Waals surface area contributed by atoms with Crippen LogP contribution in [-0.2, 0) is 0 Å². The summed E-state index contributed by atoms with van der Waals surface area (Å²) < 4.78 is 7.50. The van der Waals surface area contributed by atoms with Crippen molar-refractivity contribution >= 4 is 11.5 Å². The molecule has 3 rings (SSSR count). The first-order valence-electron chi connectivity index (χ1n) is 6.37. The lowest BCUT2D eigenvalue weighted by Crippen LogP contribution is -1.99. The van der Waals surface area contributed by atoms with Crippen LogP contribution >= 0.6 is 0 Å². The number of fused-ring (bicyclic) bond motifs is 1. The molecule has 0 saturated carbocycles. The molecule has 0 fully saturated rings. The van der Waals surface area contributed by atoms with Gasteiger partial charge in [-0.3, -0.25) is 0 Å². The number of carbonyl (C=O) groups is 1. The van der Waals surface area contributed by atoms with Crippen molar-refractivity contribution in [1.29, 1.82) is 0 Å². The Morgan fingerprint density at radius 1 is 1.29 bits per heavy atom. The Labute approximate surface area is 120 Å². The zero-order chi connectivity index (χ0) is 15.0. The molecule has 2 heterocycles. The zero-order valence-electron chi connectivity index (χ0n) is 11.6. The molecular formula is C15H13N3O3. The minimum atomic E-state index is -0.962. The van der Waals surface area contributed by atoms with Crippen LogP contribution in [0.15, 0.2) is 36.7 Å². The summed E-state index contributed by atoms with van der Waals surface area (Å²) in [5, 5.41) is 13.3. The molecule has 0 aliphatic carbocycles. The van der Waals surface area contributed by atoms with Crippen molar-refractivity contribution in [3.05, 3.63) is 53.5 Å².